The highest BCUT2D eigenvalue weighted by molar-refractivity contribution is 5.96. The van der Waals surface area contributed by atoms with E-state index in [0.29, 0.717) is 22.4 Å². The lowest BCUT2D eigenvalue weighted by molar-refractivity contribution is -0.392. The molecular weight excluding hydrogens is 314 g/mol. The second kappa shape index (κ2) is 6.15. The Bertz CT molecular complexity index is 925. The van der Waals surface area contributed by atoms with Crippen molar-refractivity contribution < 1.29 is 18.9 Å². The number of esters is 1. The second-order valence-corrected chi connectivity index (χ2v) is 5.13. The van der Waals surface area contributed by atoms with Crippen LogP contribution in [0.1, 0.15) is 28.9 Å². The molecule has 0 unspecified atom stereocenters. The van der Waals surface area contributed by atoms with Gasteiger partial charge in [-0.05, 0) is 17.9 Å². The number of hydrogen-bond acceptors (Lipinski definition) is 6. The van der Waals surface area contributed by atoms with Crippen molar-refractivity contribution in [2.24, 2.45) is 0 Å². The lowest BCUT2D eigenvalue weighted by Crippen LogP contribution is -2.11. The molecule has 0 saturated heterocycles. The Morgan fingerprint density at radius 1 is 1.42 bits per heavy atom. The average Bonchev–Trinajstić information content (AvgIpc) is 3.10. The molecule has 0 aliphatic carbocycles. The summed E-state index contributed by atoms with van der Waals surface area (Å²) in [5.41, 5.74) is 1.06. The summed E-state index contributed by atoms with van der Waals surface area (Å²) >= 11 is 0. The van der Waals surface area contributed by atoms with Crippen LogP contribution in [0.5, 0.6) is 0 Å². The molecule has 0 aliphatic rings. The van der Waals surface area contributed by atoms with E-state index < -0.39 is 10.9 Å². The first-order valence-electron chi connectivity index (χ1n) is 7.37. The van der Waals surface area contributed by atoms with Gasteiger partial charge in [0.15, 0.2) is 5.82 Å². The number of nitrogens with zero attached hydrogens (tertiary/aromatic N) is 3. The Labute approximate surface area is 136 Å². The number of hydrogen-bond donors (Lipinski definition) is 0. The van der Waals surface area contributed by atoms with Gasteiger partial charge in [0.05, 0.1) is 12.2 Å². The van der Waals surface area contributed by atoms with E-state index >= 15 is 0 Å². The lowest BCUT2D eigenvalue weighted by atomic mass is 10.1. The van der Waals surface area contributed by atoms with Crippen molar-refractivity contribution in [2.75, 3.05) is 6.61 Å². The third kappa shape index (κ3) is 2.62. The number of furan rings is 1. The van der Waals surface area contributed by atoms with Crippen molar-refractivity contribution >= 4 is 22.8 Å². The zero-order chi connectivity index (χ0) is 17.3. The maximum atomic E-state index is 12.2. The molecule has 2 aromatic heterocycles. The van der Waals surface area contributed by atoms with E-state index in [4.69, 9.17) is 9.15 Å². The molecular formula is C16H15N3O5. The Hall–Kier alpha value is -3.16. The fourth-order valence-electron chi connectivity index (χ4n) is 2.57. The molecule has 3 aromatic rings. The minimum absolute atomic E-state index is 0.0560. The van der Waals surface area contributed by atoms with Crippen molar-refractivity contribution in [1.29, 1.82) is 0 Å². The molecule has 124 valence electrons. The van der Waals surface area contributed by atoms with Crippen molar-refractivity contribution in [2.45, 2.75) is 20.4 Å². The molecule has 24 heavy (non-hydrogen) atoms. The normalized spacial score (nSPS) is 10.9. The predicted molar refractivity (Wildman–Crippen MR) is 84.9 cm³/mol. The first-order chi connectivity index (χ1) is 11.5. The van der Waals surface area contributed by atoms with Crippen LogP contribution in [0, 0.1) is 17.0 Å². The van der Waals surface area contributed by atoms with Crippen molar-refractivity contribution in [3.8, 4) is 0 Å². The number of aryl methyl sites for hydroxylation is 1. The molecule has 8 nitrogen and oxygen atoms in total. The third-order valence-electron chi connectivity index (χ3n) is 3.70. The molecule has 2 heterocycles. The van der Waals surface area contributed by atoms with Crippen LogP contribution < -0.4 is 0 Å². The lowest BCUT2D eigenvalue weighted by Gasteiger charge is -2.04. The molecule has 0 N–H and O–H groups in total. The van der Waals surface area contributed by atoms with Crippen LogP contribution in [-0.4, -0.2) is 27.1 Å². The molecule has 0 aliphatic heterocycles. The van der Waals surface area contributed by atoms with Crippen molar-refractivity contribution in [3.63, 3.8) is 0 Å². The van der Waals surface area contributed by atoms with Crippen LogP contribution in [0.3, 0.4) is 0 Å². The van der Waals surface area contributed by atoms with Gasteiger partial charge in [0.2, 0.25) is 5.76 Å². The molecule has 0 amide bonds. The van der Waals surface area contributed by atoms with E-state index in [1.807, 2.05) is 6.07 Å². The summed E-state index contributed by atoms with van der Waals surface area (Å²) in [6, 6.07) is 7.13. The summed E-state index contributed by atoms with van der Waals surface area (Å²) in [4.78, 5) is 26.8. The fourth-order valence-corrected chi connectivity index (χ4v) is 2.57. The number of carbonyl (C=O) groups is 1. The molecule has 0 radical (unpaired) electrons. The highest BCUT2D eigenvalue weighted by Crippen LogP contribution is 2.29. The van der Waals surface area contributed by atoms with Crippen LogP contribution in [-0.2, 0) is 11.3 Å². The van der Waals surface area contributed by atoms with E-state index in [0.717, 1.165) is 0 Å². The van der Waals surface area contributed by atoms with E-state index in [-0.39, 0.29) is 24.7 Å². The number of benzene rings is 1. The topological polar surface area (TPSA) is 100 Å². The quantitative estimate of drug-likeness (QED) is 0.405. The predicted octanol–water partition coefficient (Wildman–Crippen LogP) is 3.07. The average molecular weight is 329 g/mol. The maximum absolute atomic E-state index is 12.2. The number of aromatic nitrogens is 2. The van der Waals surface area contributed by atoms with Crippen LogP contribution in [0.15, 0.2) is 34.9 Å². The Morgan fingerprint density at radius 2 is 2.17 bits per heavy atom. The van der Waals surface area contributed by atoms with Crippen molar-refractivity contribution in [1.82, 2.24) is 9.55 Å². The highest BCUT2D eigenvalue weighted by Gasteiger charge is 2.26. The minimum Gasteiger partial charge on any atom is -0.460 e. The monoisotopic (exact) mass is 329 g/mol. The van der Waals surface area contributed by atoms with Gasteiger partial charge >= 0.3 is 11.8 Å². The Morgan fingerprint density at radius 3 is 2.88 bits per heavy atom. The summed E-state index contributed by atoms with van der Waals surface area (Å²) < 4.78 is 12.1. The number of fused-ring (bicyclic) bond motifs is 1. The van der Waals surface area contributed by atoms with Gasteiger partial charge in [-0.2, -0.15) is 0 Å². The third-order valence-corrected chi connectivity index (χ3v) is 3.70. The highest BCUT2D eigenvalue weighted by atomic mass is 16.6. The number of carbonyl (C=O) groups excluding carboxylic acids is 1. The smallest absolute Gasteiger partial charge is 0.374 e. The zero-order valence-corrected chi connectivity index (χ0v) is 13.2. The summed E-state index contributed by atoms with van der Waals surface area (Å²) in [5, 5.41) is 11.9. The van der Waals surface area contributed by atoms with Gasteiger partial charge in [0.1, 0.15) is 18.3 Å². The first-order valence-corrected chi connectivity index (χ1v) is 7.37. The van der Waals surface area contributed by atoms with E-state index in [1.165, 1.54) is 10.8 Å². The largest absolute Gasteiger partial charge is 0.460 e. The SMILES string of the molecule is CCOC(=O)c1oc2ccccc2c1Cn1c([N+](=O)[O-])cnc1C. The van der Waals surface area contributed by atoms with Gasteiger partial charge in [-0.15, -0.1) is 0 Å². The summed E-state index contributed by atoms with van der Waals surface area (Å²) in [6.07, 6.45) is 1.20. The first kappa shape index (κ1) is 15.7. The van der Waals surface area contributed by atoms with Gasteiger partial charge < -0.3 is 19.3 Å². The fraction of sp³-hybridized carbons (Fsp3) is 0.250. The number of para-hydroxylation sites is 1. The Balaban J connectivity index is 2.15. The zero-order valence-electron chi connectivity index (χ0n) is 13.2. The van der Waals surface area contributed by atoms with Crippen LogP contribution in [0.25, 0.3) is 11.0 Å². The van der Waals surface area contributed by atoms with Gasteiger partial charge in [-0.3, -0.25) is 0 Å². The second-order valence-electron chi connectivity index (χ2n) is 5.13. The van der Waals surface area contributed by atoms with E-state index in [9.17, 15) is 14.9 Å². The molecule has 3 rings (SSSR count). The van der Waals surface area contributed by atoms with Crippen LogP contribution in [0.2, 0.25) is 0 Å². The number of rotatable bonds is 5. The van der Waals surface area contributed by atoms with E-state index in [1.54, 1.807) is 32.0 Å². The standard InChI is InChI=1S/C16H15N3O5/c1-3-23-16(20)15-12(11-6-4-5-7-13(11)24-15)9-18-10(2)17-8-14(18)19(21)22/h4-8H,3,9H2,1-2H3. The molecule has 8 heteroatoms. The summed E-state index contributed by atoms with van der Waals surface area (Å²) in [5.74, 6) is -0.209. The number of imidazole rings is 1. The van der Waals surface area contributed by atoms with Gasteiger partial charge in [0, 0.05) is 12.3 Å². The molecule has 0 spiro atoms. The summed E-state index contributed by atoms with van der Waals surface area (Å²) in [6.45, 7) is 3.66. The van der Waals surface area contributed by atoms with Crippen LogP contribution in [0.4, 0.5) is 5.82 Å². The molecule has 0 saturated carbocycles. The Kier molecular flexibility index (Phi) is 4.03. The van der Waals surface area contributed by atoms with Gasteiger partial charge in [0.25, 0.3) is 0 Å². The number of ether oxygens (including phenoxy) is 1. The van der Waals surface area contributed by atoms with E-state index in [2.05, 4.69) is 4.98 Å². The number of nitro groups is 1. The van der Waals surface area contributed by atoms with Crippen molar-refractivity contribution in [3.05, 3.63) is 57.7 Å². The van der Waals surface area contributed by atoms with Gasteiger partial charge in [-0.25, -0.2) is 14.3 Å². The molecule has 1 aromatic carbocycles. The maximum Gasteiger partial charge on any atom is 0.374 e. The summed E-state index contributed by atoms with van der Waals surface area (Å²) in [7, 11) is 0. The molecule has 0 bridgehead atoms. The van der Waals surface area contributed by atoms with Crippen LogP contribution >= 0.6 is 0 Å². The molecule has 0 fully saturated rings. The van der Waals surface area contributed by atoms with Gasteiger partial charge in [-0.1, -0.05) is 18.2 Å². The molecule has 0 atom stereocenters. The minimum atomic E-state index is -0.593.